The number of thioether (sulfide) groups is 1. The number of rotatable bonds is 9. The highest BCUT2D eigenvalue weighted by Crippen LogP contribution is 2.14. The van der Waals surface area contributed by atoms with Gasteiger partial charge in [-0.3, -0.25) is 4.99 Å². The van der Waals surface area contributed by atoms with Gasteiger partial charge in [0.15, 0.2) is 5.96 Å². The van der Waals surface area contributed by atoms with Crippen LogP contribution in [-0.4, -0.2) is 68.7 Å². The topological polar surface area (TPSA) is 73.8 Å². The zero-order valence-electron chi connectivity index (χ0n) is 15.1. The van der Waals surface area contributed by atoms with E-state index in [1.807, 2.05) is 11.8 Å². The predicted molar refractivity (Wildman–Crippen MR) is 116 cm³/mol. The molecule has 0 bridgehead atoms. The molecule has 1 saturated heterocycles. The number of guanidine groups is 1. The van der Waals surface area contributed by atoms with Gasteiger partial charge in [-0.25, -0.2) is 12.7 Å². The summed E-state index contributed by atoms with van der Waals surface area (Å²) < 4.78 is 25.4. The summed E-state index contributed by atoms with van der Waals surface area (Å²) in [5, 5.41) is 6.73. The maximum Gasteiger partial charge on any atom is 0.213 e. The molecular weight excluding hydrogens is 459 g/mol. The van der Waals surface area contributed by atoms with Gasteiger partial charge in [0.2, 0.25) is 10.0 Å². The van der Waals surface area contributed by atoms with Crippen molar-refractivity contribution in [3.8, 4) is 0 Å². The number of halogens is 1. The van der Waals surface area contributed by atoms with Crippen LogP contribution in [0.4, 0.5) is 0 Å². The summed E-state index contributed by atoms with van der Waals surface area (Å²) in [6.45, 7) is 6.62. The minimum Gasteiger partial charge on any atom is -0.357 e. The van der Waals surface area contributed by atoms with Crippen LogP contribution in [0.15, 0.2) is 4.99 Å². The lowest BCUT2D eigenvalue weighted by Crippen LogP contribution is -2.50. The third-order valence-electron chi connectivity index (χ3n) is 3.92. The highest BCUT2D eigenvalue weighted by molar-refractivity contribution is 14.0. The molecular formula is C15H33IN4O2S2. The molecule has 24 heavy (non-hydrogen) atoms. The summed E-state index contributed by atoms with van der Waals surface area (Å²) in [7, 11) is -3.05. The molecule has 0 aromatic carbocycles. The summed E-state index contributed by atoms with van der Waals surface area (Å²) >= 11 is 1.87. The molecule has 1 rings (SSSR count). The Balaban J connectivity index is 0.00000529. The van der Waals surface area contributed by atoms with Crippen LogP contribution in [0.5, 0.6) is 0 Å². The van der Waals surface area contributed by atoms with Gasteiger partial charge < -0.3 is 10.6 Å². The van der Waals surface area contributed by atoms with E-state index in [-0.39, 0.29) is 29.7 Å². The monoisotopic (exact) mass is 492 g/mol. The van der Waals surface area contributed by atoms with Crippen molar-refractivity contribution >= 4 is 51.7 Å². The normalized spacial score (nSPS) is 17.4. The van der Waals surface area contributed by atoms with E-state index in [0.29, 0.717) is 19.1 Å². The van der Waals surface area contributed by atoms with Crippen LogP contribution in [0.3, 0.4) is 0 Å². The fraction of sp³-hybridized carbons (Fsp3) is 0.933. The smallest absolute Gasteiger partial charge is 0.213 e. The van der Waals surface area contributed by atoms with Gasteiger partial charge in [-0.15, -0.1) is 24.0 Å². The first kappa shape index (κ1) is 24.3. The zero-order chi connectivity index (χ0) is 17.1. The fourth-order valence-corrected chi connectivity index (χ4v) is 4.15. The van der Waals surface area contributed by atoms with Gasteiger partial charge in [0.1, 0.15) is 0 Å². The van der Waals surface area contributed by atoms with E-state index in [1.54, 1.807) is 11.2 Å². The third kappa shape index (κ3) is 9.10. The van der Waals surface area contributed by atoms with Gasteiger partial charge in [-0.1, -0.05) is 0 Å². The van der Waals surface area contributed by atoms with Crippen molar-refractivity contribution in [3.05, 3.63) is 0 Å². The summed E-state index contributed by atoms with van der Waals surface area (Å²) in [4.78, 5) is 4.62. The Bertz CT molecular complexity index is 452. The SMILES string of the molecule is CCNC(=NCCCCSC)NC1CCN(S(=O)(=O)CC)CC1.I. The van der Waals surface area contributed by atoms with Crippen molar-refractivity contribution in [2.75, 3.05) is 43.9 Å². The quantitative estimate of drug-likeness (QED) is 0.223. The van der Waals surface area contributed by atoms with Crippen molar-refractivity contribution < 1.29 is 8.42 Å². The molecule has 0 amide bonds. The second-order valence-corrected chi connectivity index (χ2v) is 8.92. The van der Waals surface area contributed by atoms with Crippen LogP contribution < -0.4 is 10.6 Å². The molecule has 0 radical (unpaired) electrons. The van der Waals surface area contributed by atoms with E-state index in [0.717, 1.165) is 38.3 Å². The molecule has 2 N–H and O–H groups in total. The molecule has 0 atom stereocenters. The van der Waals surface area contributed by atoms with Crippen LogP contribution in [0.2, 0.25) is 0 Å². The third-order valence-corrected chi connectivity index (χ3v) is 6.50. The van der Waals surface area contributed by atoms with E-state index >= 15 is 0 Å². The van der Waals surface area contributed by atoms with Crippen LogP contribution in [0, 0.1) is 0 Å². The van der Waals surface area contributed by atoms with Crippen molar-refractivity contribution in [3.63, 3.8) is 0 Å². The van der Waals surface area contributed by atoms with Crippen LogP contribution >= 0.6 is 35.7 Å². The summed E-state index contributed by atoms with van der Waals surface area (Å²) in [6, 6.07) is 0.294. The molecule has 0 aromatic rings. The Labute approximate surface area is 169 Å². The number of hydrogen-bond acceptors (Lipinski definition) is 4. The highest BCUT2D eigenvalue weighted by Gasteiger charge is 2.26. The average molecular weight is 492 g/mol. The molecule has 1 heterocycles. The van der Waals surface area contributed by atoms with Crippen LogP contribution in [-0.2, 0) is 10.0 Å². The van der Waals surface area contributed by atoms with Gasteiger partial charge in [0, 0.05) is 32.2 Å². The number of aliphatic imine (C=N–C) groups is 1. The van der Waals surface area contributed by atoms with Crippen LogP contribution in [0.25, 0.3) is 0 Å². The number of nitrogens with zero attached hydrogens (tertiary/aromatic N) is 2. The maximum absolute atomic E-state index is 11.9. The van der Waals surface area contributed by atoms with Gasteiger partial charge in [-0.2, -0.15) is 11.8 Å². The predicted octanol–water partition coefficient (Wildman–Crippen LogP) is 2.12. The number of nitrogens with one attached hydrogen (secondary N) is 2. The summed E-state index contributed by atoms with van der Waals surface area (Å²) in [5.74, 6) is 2.23. The van der Waals surface area contributed by atoms with Gasteiger partial charge in [0.25, 0.3) is 0 Å². The number of sulfonamides is 1. The Morgan fingerprint density at radius 3 is 2.46 bits per heavy atom. The van der Waals surface area contributed by atoms with Crippen molar-refractivity contribution in [2.45, 2.75) is 45.6 Å². The molecule has 1 aliphatic rings. The number of piperidine rings is 1. The molecule has 144 valence electrons. The molecule has 0 spiro atoms. The highest BCUT2D eigenvalue weighted by atomic mass is 127. The summed E-state index contributed by atoms with van der Waals surface area (Å²) in [5.41, 5.74) is 0. The first-order chi connectivity index (χ1) is 11.0. The zero-order valence-corrected chi connectivity index (χ0v) is 19.0. The largest absolute Gasteiger partial charge is 0.357 e. The Kier molecular flexibility index (Phi) is 13.6. The lowest BCUT2D eigenvalue weighted by molar-refractivity contribution is 0.306. The van der Waals surface area contributed by atoms with E-state index < -0.39 is 10.0 Å². The second kappa shape index (κ2) is 13.5. The van der Waals surface area contributed by atoms with Gasteiger partial charge >= 0.3 is 0 Å². The van der Waals surface area contributed by atoms with Crippen LogP contribution in [0.1, 0.15) is 39.5 Å². The Morgan fingerprint density at radius 1 is 1.25 bits per heavy atom. The molecule has 0 unspecified atom stereocenters. The Hall–Kier alpha value is 0.260. The minimum atomic E-state index is -3.05. The van der Waals surface area contributed by atoms with Crippen molar-refractivity contribution in [1.82, 2.24) is 14.9 Å². The molecule has 0 aliphatic carbocycles. The molecule has 9 heteroatoms. The number of unbranched alkanes of at least 4 members (excludes halogenated alkanes) is 1. The minimum absolute atomic E-state index is 0. The molecule has 0 aromatic heterocycles. The first-order valence-electron chi connectivity index (χ1n) is 8.55. The van der Waals surface area contributed by atoms with Gasteiger partial charge in [0.05, 0.1) is 5.75 Å². The van der Waals surface area contributed by atoms with E-state index in [1.165, 1.54) is 12.2 Å². The molecule has 1 fully saturated rings. The molecule has 6 nitrogen and oxygen atoms in total. The second-order valence-electron chi connectivity index (χ2n) is 5.68. The maximum atomic E-state index is 11.9. The van der Waals surface area contributed by atoms with E-state index in [9.17, 15) is 8.42 Å². The molecule has 0 saturated carbocycles. The van der Waals surface area contributed by atoms with Gasteiger partial charge in [-0.05, 0) is 51.5 Å². The standard InChI is InChI=1S/C15H32N4O2S2.HI/c1-4-16-15(17-10-6-7-13-22-3)18-14-8-11-19(12-9-14)23(20,21)5-2;/h14H,4-13H2,1-3H3,(H2,16,17,18);1H. The summed E-state index contributed by atoms with van der Waals surface area (Å²) in [6.07, 6.45) is 6.08. The van der Waals surface area contributed by atoms with E-state index in [4.69, 9.17) is 0 Å². The fourth-order valence-electron chi connectivity index (χ4n) is 2.52. The lowest BCUT2D eigenvalue weighted by Gasteiger charge is -2.32. The lowest BCUT2D eigenvalue weighted by atomic mass is 10.1. The average Bonchev–Trinajstić information content (AvgIpc) is 2.55. The van der Waals surface area contributed by atoms with Crippen molar-refractivity contribution in [2.24, 2.45) is 4.99 Å². The Morgan fingerprint density at radius 2 is 1.92 bits per heavy atom. The first-order valence-corrected chi connectivity index (χ1v) is 11.5. The van der Waals surface area contributed by atoms with Crippen molar-refractivity contribution in [1.29, 1.82) is 0 Å². The van der Waals surface area contributed by atoms with E-state index in [2.05, 4.69) is 28.8 Å². The molecule has 1 aliphatic heterocycles. The number of hydrogen-bond donors (Lipinski definition) is 2.